The Morgan fingerprint density at radius 2 is 2.00 bits per heavy atom. The number of aromatic nitrogens is 3. The third kappa shape index (κ3) is 2.36. The first-order valence-corrected chi connectivity index (χ1v) is 7.86. The number of hydrogen-bond acceptors (Lipinski definition) is 7. The molecule has 3 N–H and O–H groups in total. The molecule has 3 aromatic heterocycles. The summed E-state index contributed by atoms with van der Waals surface area (Å²) in [6.45, 7) is 5.74. The smallest absolute Gasteiger partial charge is 0.269 e. The van der Waals surface area contributed by atoms with Crippen LogP contribution in [0.3, 0.4) is 0 Å². The second-order valence-corrected chi connectivity index (χ2v) is 6.90. The van der Waals surface area contributed by atoms with Gasteiger partial charge in [-0.15, -0.1) is 27.8 Å². The number of nitrogens with zero attached hydrogens (tertiary/aromatic N) is 3. The van der Waals surface area contributed by atoms with Crippen molar-refractivity contribution >= 4 is 49.6 Å². The number of nitrogens with two attached hydrogens (primary N) is 1. The van der Waals surface area contributed by atoms with Crippen LogP contribution in [0.2, 0.25) is 0 Å². The van der Waals surface area contributed by atoms with E-state index in [1.165, 1.54) is 22.7 Å². The summed E-state index contributed by atoms with van der Waals surface area (Å²) in [5.74, 6) is -0.262. The number of rotatable bonds is 2. The number of carbonyl (C=O) groups excluding carboxylic acids is 1. The lowest BCUT2D eigenvalue weighted by atomic mass is 10.1. The summed E-state index contributed by atoms with van der Waals surface area (Å²) in [5, 5.41) is 12.3. The van der Waals surface area contributed by atoms with Gasteiger partial charge in [0.2, 0.25) is 0 Å². The summed E-state index contributed by atoms with van der Waals surface area (Å²) in [5.41, 5.74) is 8.36. The van der Waals surface area contributed by atoms with E-state index in [1.54, 1.807) is 6.20 Å². The molecule has 0 aliphatic carbocycles. The number of anilines is 2. The standard InChI is InChI=1S/C13H13N5OS2/c1-5-4-15-13(20-5)16-11(19)10-9(14)8-6(2)7(3)17-18-12(8)21-10/h4H,14H2,1-3H3,(H,15,16,19). The van der Waals surface area contributed by atoms with Crippen molar-refractivity contribution in [2.45, 2.75) is 20.8 Å². The summed E-state index contributed by atoms with van der Waals surface area (Å²) in [6, 6.07) is 0. The molecule has 0 spiro atoms. The third-order valence-electron chi connectivity index (χ3n) is 3.18. The van der Waals surface area contributed by atoms with E-state index >= 15 is 0 Å². The fourth-order valence-electron chi connectivity index (χ4n) is 1.98. The number of nitrogens with one attached hydrogen (secondary N) is 1. The minimum absolute atomic E-state index is 0.262. The zero-order valence-corrected chi connectivity index (χ0v) is 13.4. The lowest BCUT2D eigenvalue weighted by molar-refractivity contribution is 0.103. The number of thiophene rings is 1. The van der Waals surface area contributed by atoms with Crippen LogP contribution in [0.15, 0.2) is 6.20 Å². The summed E-state index contributed by atoms with van der Waals surface area (Å²) in [7, 11) is 0. The fourth-order valence-corrected chi connectivity index (χ4v) is 3.63. The van der Waals surface area contributed by atoms with Gasteiger partial charge < -0.3 is 5.73 Å². The highest BCUT2D eigenvalue weighted by atomic mass is 32.1. The monoisotopic (exact) mass is 319 g/mol. The van der Waals surface area contributed by atoms with Crippen LogP contribution in [0, 0.1) is 20.8 Å². The predicted molar refractivity (Wildman–Crippen MR) is 86.1 cm³/mol. The van der Waals surface area contributed by atoms with Gasteiger partial charge in [-0.05, 0) is 26.3 Å². The van der Waals surface area contributed by atoms with E-state index in [2.05, 4.69) is 20.5 Å². The molecule has 0 fully saturated rings. The maximum Gasteiger partial charge on any atom is 0.269 e. The SMILES string of the molecule is Cc1cnc(NC(=O)c2sc3nnc(C)c(C)c3c2N)s1. The molecule has 0 bridgehead atoms. The van der Waals surface area contributed by atoms with E-state index in [9.17, 15) is 4.79 Å². The molecule has 0 aliphatic rings. The molecule has 0 radical (unpaired) electrons. The van der Waals surface area contributed by atoms with Crippen LogP contribution in [0.1, 0.15) is 25.8 Å². The Bertz CT molecular complexity index is 852. The van der Waals surface area contributed by atoms with Gasteiger partial charge in [0.05, 0.1) is 11.4 Å². The highest BCUT2D eigenvalue weighted by molar-refractivity contribution is 7.21. The number of nitrogen functional groups attached to an aromatic ring is 1. The van der Waals surface area contributed by atoms with Crippen LogP contribution in [-0.4, -0.2) is 21.1 Å². The van der Waals surface area contributed by atoms with Gasteiger partial charge in [-0.25, -0.2) is 4.98 Å². The van der Waals surface area contributed by atoms with Crippen LogP contribution in [-0.2, 0) is 0 Å². The van der Waals surface area contributed by atoms with Crippen molar-refractivity contribution < 1.29 is 4.79 Å². The first-order chi connectivity index (χ1) is 9.97. The summed E-state index contributed by atoms with van der Waals surface area (Å²) >= 11 is 2.67. The van der Waals surface area contributed by atoms with Crippen LogP contribution >= 0.6 is 22.7 Å². The number of amides is 1. The lowest BCUT2D eigenvalue weighted by Crippen LogP contribution is -2.11. The van der Waals surface area contributed by atoms with Crippen LogP contribution < -0.4 is 11.1 Å². The Labute approximate surface area is 129 Å². The Balaban J connectivity index is 2.02. The van der Waals surface area contributed by atoms with E-state index in [1.807, 2.05) is 20.8 Å². The molecule has 108 valence electrons. The molecular formula is C13H13N5OS2. The Kier molecular flexibility index (Phi) is 3.34. The highest BCUT2D eigenvalue weighted by Crippen LogP contribution is 2.35. The summed E-state index contributed by atoms with van der Waals surface area (Å²) in [4.78, 5) is 18.6. The van der Waals surface area contributed by atoms with Crippen molar-refractivity contribution in [3.05, 3.63) is 27.2 Å². The Morgan fingerprint density at radius 3 is 2.67 bits per heavy atom. The molecule has 3 rings (SSSR count). The molecule has 0 saturated heterocycles. The van der Waals surface area contributed by atoms with Crippen molar-refractivity contribution in [2.24, 2.45) is 0 Å². The molecule has 0 unspecified atom stereocenters. The van der Waals surface area contributed by atoms with Crippen molar-refractivity contribution in [3.8, 4) is 0 Å². The van der Waals surface area contributed by atoms with E-state index in [0.717, 1.165) is 21.5 Å². The molecule has 1 amide bonds. The van der Waals surface area contributed by atoms with Crippen molar-refractivity contribution in [3.63, 3.8) is 0 Å². The molecule has 0 saturated carbocycles. The largest absolute Gasteiger partial charge is 0.397 e. The molecule has 6 nitrogen and oxygen atoms in total. The lowest BCUT2D eigenvalue weighted by Gasteiger charge is -2.01. The average molecular weight is 319 g/mol. The maximum atomic E-state index is 12.3. The van der Waals surface area contributed by atoms with Gasteiger partial charge in [0.15, 0.2) is 5.13 Å². The number of hydrogen-bond donors (Lipinski definition) is 2. The van der Waals surface area contributed by atoms with Crippen molar-refractivity contribution in [1.82, 2.24) is 15.2 Å². The van der Waals surface area contributed by atoms with Gasteiger partial charge in [0, 0.05) is 16.5 Å². The highest BCUT2D eigenvalue weighted by Gasteiger charge is 2.20. The van der Waals surface area contributed by atoms with Gasteiger partial charge in [-0.2, -0.15) is 5.10 Å². The predicted octanol–water partition coefficient (Wildman–Crippen LogP) is 2.91. The number of carbonyl (C=O) groups is 1. The minimum atomic E-state index is -0.262. The van der Waals surface area contributed by atoms with Gasteiger partial charge >= 0.3 is 0 Å². The first kappa shape index (κ1) is 13.9. The van der Waals surface area contributed by atoms with Gasteiger partial charge in [0.1, 0.15) is 9.71 Å². The summed E-state index contributed by atoms with van der Waals surface area (Å²) in [6.07, 6.45) is 1.72. The molecule has 3 heterocycles. The quantitative estimate of drug-likeness (QED) is 0.757. The van der Waals surface area contributed by atoms with E-state index in [0.29, 0.717) is 20.5 Å². The average Bonchev–Trinajstić information content (AvgIpc) is 2.98. The number of thiazole rings is 1. The summed E-state index contributed by atoms with van der Waals surface area (Å²) < 4.78 is 0. The topological polar surface area (TPSA) is 93.8 Å². The molecule has 8 heteroatoms. The second-order valence-electron chi connectivity index (χ2n) is 4.67. The first-order valence-electron chi connectivity index (χ1n) is 6.23. The van der Waals surface area contributed by atoms with Gasteiger partial charge in [0.25, 0.3) is 5.91 Å². The minimum Gasteiger partial charge on any atom is -0.397 e. The van der Waals surface area contributed by atoms with E-state index < -0.39 is 0 Å². The normalized spacial score (nSPS) is 11.0. The maximum absolute atomic E-state index is 12.3. The van der Waals surface area contributed by atoms with Crippen molar-refractivity contribution in [1.29, 1.82) is 0 Å². The Hall–Kier alpha value is -2.06. The molecule has 3 aromatic rings. The molecule has 0 aromatic carbocycles. The number of aryl methyl sites for hydroxylation is 3. The van der Waals surface area contributed by atoms with Crippen LogP contribution in [0.5, 0.6) is 0 Å². The van der Waals surface area contributed by atoms with E-state index in [-0.39, 0.29) is 5.91 Å². The second kappa shape index (κ2) is 5.05. The van der Waals surface area contributed by atoms with Crippen LogP contribution in [0.25, 0.3) is 10.2 Å². The zero-order valence-electron chi connectivity index (χ0n) is 11.7. The van der Waals surface area contributed by atoms with Gasteiger partial charge in [-0.1, -0.05) is 0 Å². The molecular weight excluding hydrogens is 306 g/mol. The molecule has 21 heavy (non-hydrogen) atoms. The zero-order chi connectivity index (χ0) is 15.1. The van der Waals surface area contributed by atoms with Gasteiger partial charge in [-0.3, -0.25) is 10.1 Å². The Morgan fingerprint density at radius 1 is 1.24 bits per heavy atom. The van der Waals surface area contributed by atoms with Crippen molar-refractivity contribution in [2.75, 3.05) is 11.1 Å². The van der Waals surface area contributed by atoms with E-state index in [4.69, 9.17) is 5.73 Å². The molecule has 0 atom stereocenters. The third-order valence-corrected chi connectivity index (χ3v) is 5.10. The van der Waals surface area contributed by atoms with Crippen LogP contribution in [0.4, 0.5) is 10.8 Å². The fraction of sp³-hybridized carbons (Fsp3) is 0.231. The molecule has 0 aliphatic heterocycles. The number of fused-ring (bicyclic) bond motifs is 1.